The topological polar surface area (TPSA) is 32.5 Å². The number of benzene rings is 1. The Balaban J connectivity index is 1.93. The van der Waals surface area contributed by atoms with Crippen LogP contribution >= 0.6 is 0 Å². The fourth-order valence-corrected chi connectivity index (χ4v) is 3.12. The van der Waals surface area contributed by atoms with Crippen LogP contribution < -0.4 is 5.73 Å². The first-order valence-corrected chi connectivity index (χ1v) is 7.92. The van der Waals surface area contributed by atoms with E-state index in [1.165, 1.54) is 24.9 Å². The minimum absolute atomic E-state index is 0.581. The summed E-state index contributed by atoms with van der Waals surface area (Å²) in [4.78, 5) is 5.16. The van der Waals surface area contributed by atoms with Crippen LogP contribution in [0.5, 0.6) is 0 Å². The third-order valence-electron chi connectivity index (χ3n) is 4.32. The van der Waals surface area contributed by atoms with Crippen LogP contribution in [0.3, 0.4) is 0 Å². The molecule has 1 fully saturated rings. The molecule has 3 nitrogen and oxygen atoms in total. The minimum Gasteiger partial charge on any atom is -0.329 e. The lowest BCUT2D eigenvalue weighted by Gasteiger charge is -2.33. The van der Waals surface area contributed by atoms with E-state index < -0.39 is 0 Å². The molecule has 1 heterocycles. The molecule has 0 spiro atoms. The molecule has 1 aromatic carbocycles. The van der Waals surface area contributed by atoms with Gasteiger partial charge in [-0.1, -0.05) is 30.3 Å². The molecule has 1 atom stereocenters. The fourth-order valence-electron chi connectivity index (χ4n) is 3.12. The molecule has 0 saturated carbocycles. The molecule has 0 bridgehead atoms. The summed E-state index contributed by atoms with van der Waals surface area (Å²) in [6.45, 7) is 9.77. The average molecular weight is 275 g/mol. The molecule has 3 heteroatoms. The molecule has 1 aromatic rings. The van der Waals surface area contributed by atoms with Gasteiger partial charge in [0.1, 0.15) is 0 Å². The Kier molecular flexibility index (Phi) is 6.02. The van der Waals surface area contributed by atoms with E-state index in [0.29, 0.717) is 12.1 Å². The lowest BCUT2D eigenvalue weighted by atomic mass is 10.1. The first kappa shape index (κ1) is 15.5. The Bertz CT molecular complexity index is 377. The molecule has 2 N–H and O–H groups in total. The average Bonchev–Trinajstić information content (AvgIpc) is 2.86. The van der Waals surface area contributed by atoms with Gasteiger partial charge in [-0.15, -0.1) is 0 Å². The number of hydrogen-bond donors (Lipinski definition) is 1. The molecule has 0 aliphatic carbocycles. The van der Waals surface area contributed by atoms with E-state index in [9.17, 15) is 0 Å². The van der Waals surface area contributed by atoms with Gasteiger partial charge in [-0.3, -0.25) is 9.80 Å². The molecule has 0 amide bonds. The summed E-state index contributed by atoms with van der Waals surface area (Å²) in [5, 5.41) is 0. The Hall–Kier alpha value is -0.900. The number of hydrogen-bond acceptors (Lipinski definition) is 3. The van der Waals surface area contributed by atoms with Crippen molar-refractivity contribution in [3.63, 3.8) is 0 Å². The van der Waals surface area contributed by atoms with Gasteiger partial charge in [0.25, 0.3) is 0 Å². The molecule has 1 aliphatic heterocycles. The van der Waals surface area contributed by atoms with Crippen molar-refractivity contribution in [3.05, 3.63) is 35.9 Å². The van der Waals surface area contributed by atoms with Crippen LogP contribution in [0, 0.1) is 0 Å². The summed E-state index contributed by atoms with van der Waals surface area (Å²) in [6, 6.07) is 12.1. The first-order valence-electron chi connectivity index (χ1n) is 7.92. The van der Waals surface area contributed by atoms with E-state index >= 15 is 0 Å². The smallest absolute Gasteiger partial charge is 0.0237 e. The van der Waals surface area contributed by atoms with Crippen molar-refractivity contribution in [3.8, 4) is 0 Å². The maximum Gasteiger partial charge on any atom is 0.0237 e. The van der Waals surface area contributed by atoms with Gasteiger partial charge in [0, 0.05) is 38.3 Å². The zero-order valence-corrected chi connectivity index (χ0v) is 13.0. The van der Waals surface area contributed by atoms with E-state index in [1.807, 2.05) is 0 Å². The van der Waals surface area contributed by atoms with Crippen LogP contribution in [0.25, 0.3) is 0 Å². The lowest BCUT2D eigenvalue weighted by Crippen LogP contribution is -2.44. The van der Waals surface area contributed by atoms with Gasteiger partial charge < -0.3 is 5.73 Å². The normalized spacial score (nSPS) is 20.1. The first-order chi connectivity index (χ1) is 9.70. The van der Waals surface area contributed by atoms with Crippen LogP contribution in [0.15, 0.2) is 30.3 Å². The summed E-state index contributed by atoms with van der Waals surface area (Å²) < 4.78 is 0. The summed E-state index contributed by atoms with van der Waals surface area (Å²) >= 11 is 0. The molecular weight excluding hydrogens is 246 g/mol. The van der Waals surface area contributed by atoms with Crippen LogP contribution in [-0.2, 0) is 6.54 Å². The van der Waals surface area contributed by atoms with Crippen LogP contribution in [0.1, 0.15) is 32.3 Å². The van der Waals surface area contributed by atoms with Crippen molar-refractivity contribution in [2.45, 2.75) is 45.3 Å². The van der Waals surface area contributed by atoms with Gasteiger partial charge in [-0.25, -0.2) is 0 Å². The third-order valence-corrected chi connectivity index (χ3v) is 4.32. The lowest BCUT2D eigenvalue weighted by molar-refractivity contribution is 0.145. The minimum atomic E-state index is 0.581. The molecule has 1 aliphatic rings. The number of likely N-dealkylation sites (tertiary alicyclic amines) is 1. The molecule has 0 radical (unpaired) electrons. The zero-order valence-electron chi connectivity index (χ0n) is 13.0. The molecule has 112 valence electrons. The summed E-state index contributed by atoms with van der Waals surface area (Å²) in [7, 11) is 0. The van der Waals surface area contributed by atoms with Crippen LogP contribution in [-0.4, -0.2) is 48.1 Å². The summed E-state index contributed by atoms with van der Waals surface area (Å²) in [5.74, 6) is 0. The predicted molar refractivity (Wildman–Crippen MR) is 85.6 cm³/mol. The standard InChI is InChI=1S/C17H29N3/c1-15(2)19(12-10-18)14-17-9-6-11-20(17)13-16-7-4-3-5-8-16/h3-5,7-8,15,17H,6,9-14,18H2,1-2H3/t17-/m0/s1. The number of nitrogens with zero attached hydrogens (tertiary/aromatic N) is 2. The molecule has 0 unspecified atom stereocenters. The maximum absolute atomic E-state index is 5.74. The van der Waals surface area contributed by atoms with E-state index in [4.69, 9.17) is 5.73 Å². The number of nitrogens with two attached hydrogens (primary N) is 1. The zero-order chi connectivity index (χ0) is 14.4. The second-order valence-electron chi connectivity index (χ2n) is 6.13. The SMILES string of the molecule is CC(C)N(CCN)C[C@@H]1CCCN1Cc1ccccc1. The van der Waals surface area contributed by atoms with Crippen LogP contribution in [0.4, 0.5) is 0 Å². The van der Waals surface area contributed by atoms with Gasteiger partial charge in [0.05, 0.1) is 0 Å². The van der Waals surface area contributed by atoms with Crippen LogP contribution in [0.2, 0.25) is 0 Å². The molecular formula is C17H29N3. The Morgan fingerprint density at radius 1 is 1.30 bits per heavy atom. The summed E-state index contributed by atoms with van der Waals surface area (Å²) in [5.41, 5.74) is 7.17. The van der Waals surface area contributed by atoms with Crippen molar-refractivity contribution in [2.24, 2.45) is 5.73 Å². The van der Waals surface area contributed by atoms with Crippen molar-refractivity contribution in [1.82, 2.24) is 9.80 Å². The van der Waals surface area contributed by atoms with Gasteiger partial charge in [0.2, 0.25) is 0 Å². The highest BCUT2D eigenvalue weighted by Gasteiger charge is 2.26. The van der Waals surface area contributed by atoms with E-state index in [0.717, 1.165) is 26.2 Å². The van der Waals surface area contributed by atoms with Crippen molar-refractivity contribution in [2.75, 3.05) is 26.2 Å². The highest BCUT2D eigenvalue weighted by molar-refractivity contribution is 5.14. The van der Waals surface area contributed by atoms with E-state index in [1.54, 1.807) is 0 Å². The Morgan fingerprint density at radius 2 is 2.05 bits per heavy atom. The largest absolute Gasteiger partial charge is 0.329 e. The van der Waals surface area contributed by atoms with Crippen molar-refractivity contribution < 1.29 is 0 Å². The van der Waals surface area contributed by atoms with E-state index in [-0.39, 0.29) is 0 Å². The molecule has 0 aromatic heterocycles. The third kappa shape index (κ3) is 4.30. The van der Waals surface area contributed by atoms with Gasteiger partial charge in [-0.2, -0.15) is 0 Å². The maximum atomic E-state index is 5.74. The molecule has 2 rings (SSSR count). The highest BCUT2D eigenvalue weighted by atomic mass is 15.2. The second kappa shape index (κ2) is 7.77. The molecule has 20 heavy (non-hydrogen) atoms. The van der Waals surface area contributed by atoms with Crippen molar-refractivity contribution >= 4 is 0 Å². The Labute approximate surface area is 123 Å². The Morgan fingerprint density at radius 3 is 2.70 bits per heavy atom. The van der Waals surface area contributed by atoms with E-state index in [2.05, 4.69) is 54.0 Å². The second-order valence-corrected chi connectivity index (χ2v) is 6.13. The monoisotopic (exact) mass is 275 g/mol. The highest BCUT2D eigenvalue weighted by Crippen LogP contribution is 2.21. The van der Waals surface area contributed by atoms with Crippen molar-refractivity contribution in [1.29, 1.82) is 0 Å². The quantitative estimate of drug-likeness (QED) is 0.829. The predicted octanol–water partition coefficient (Wildman–Crippen LogP) is 2.32. The van der Waals surface area contributed by atoms with Gasteiger partial charge >= 0.3 is 0 Å². The molecule has 1 saturated heterocycles. The van der Waals surface area contributed by atoms with Gasteiger partial charge in [-0.05, 0) is 38.8 Å². The summed E-state index contributed by atoms with van der Waals surface area (Å²) in [6.07, 6.45) is 2.65. The number of rotatable bonds is 7. The fraction of sp³-hybridized carbons (Fsp3) is 0.647. The van der Waals surface area contributed by atoms with Gasteiger partial charge in [0.15, 0.2) is 0 Å².